The van der Waals surface area contributed by atoms with Gasteiger partial charge >= 0.3 is 0 Å². The minimum Gasteiger partial charge on any atom is -0.341 e. The number of likely N-dealkylation sites (tertiary alicyclic amines) is 1. The molecule has 1 saturated heterocycles. The van der Waals surface area contributed by atoms with Crippen molar-refractivity contribution in [2.24, 2.45) is 5.92 Å². The normalized spacial score (nSPS) is 25.3. The number of sulfonamides is 1. The van der Waals surface area contributed by atoms with Gasteiger partial charge in [-0.05, 0) is 38.5 Å². The molecule has 1 aliphatic heterocycles. The van der Waals surface area contributed by atoms with Crippen LogP contribution < -0.4 is 10.0 Å². The number of hydrogen-bond donors (Lipinski definition) is 2. The number of piperidine rings is 1. The summed E-state index contributed by atoms with van der Waals surface area (Å²) >= 11 is 0. The third-order valence-corrected chi connectivity index (χ3v) is 8.42. The molecule has 28 heavy (non-hydrogen) atoms. The molecule has 0 spiro atoms. The number of carbonyl (C=O) groups excluding carboxylic acids is 1. The van der Waals surface area contributed by atoms with Crippen molar-refractivity contribution in [3.05, 3.63) is 0 Å². The largest absolute Gasteiger partial charge is 0.341 e. The van der Waals surface area contributed by atoms with Gasteiger partial charge < -0.3 is 10.2 Å². The van der Waals surface area contributed by atoms with Gasteiger partial charge in [-0.25, -0.2) is 13.1 Å². The molecule has 6 nitrogen and oxygen atoms in total. The van der Waals surface area contributed by atoms with Crippen molar-refractivity contribution in [3.63, 3.8) is 0 Å². The Labute approximate surface area is 177 Å². The van der Waals surface area contributed by atoms with Crippen LogP contribution in [0.25, 0.3) is 0 Å². The van der Waals surface area contributed by atoms with Gasteiger partial charge in [0.1, 0.15) is 0 Å². The lowest BCUT2D eigenvalue weighted by Gasteiger charge is -2.34. The van der Waals surface area contributed by atoms with Crippen molar-refractivity contribution in [3.8, 4) is 0 Å². The van der Waals surface area contributed by atoms with Crippen LogP contribution in [0, 0.1) is 5.92 Å². The highest BCUT2D eigenvalue weighted by molar-refractivity contribution is 7.90. The first-order valence-corrected chi connectivity index (χ1v) is 12.6. The Hall–Kier alpha value is -0.370. The predicted molar refractivity (Wildman–Crippen MR) is 115 cm³/mol. The molecule has 0 bridgehead atoms. The Kier molecular flexibility index (Phi) is 10.0. The average Bonchev–Trinajstić information content (AvgIpc) is 3.09. The summed E-state index contributed by atoms with van der Waals surface area (Å²) in [7, 11) is -3.37. The molecule has 2 saturated carbocycles. The van der Waals surface area contributed by atoms with Crippen molar-refractivity contribution in [2.75, 3.05) is 26.2 Å². The minimum absolute atomic E-state index is 0. The quantitative estimate of drug-likeness (QED) is 0.476. The minimum atomic E-state index is -3.37. The van der Waals surface area contributed by atoms with Crippen LogP contribution in [0.4, 0.5) is 0 Å². The number of halogens is 1. The van der Waals surface area contributed by atoms with Gasteiger partial charge in [0.25, 0.3) is 0 Å². The summed E-state index contributed by atoms with van der Waals surface area (Å²) in [4.78, 5) is 14.4. The summed E-state index contributed by atoms with van der Waals surface area (Å²) in [6.07, 6.45) is 13.2. The zero-order valence-electron chi connectivity index (χ0n) is 17.0. The molecule has 8 heteroatoms. The summed E-state index contributed by atoms with van der Waals surface area (Å²) in [5, 5.41) is 3.05. The van der Waals surface area contributed by atoms with Crippen molar-refractivity contribution in [1.29, 1.82) is 0 Å². The molecule has 0 aromatic heterocycles. The van der Waals surface area contributed by atoms with E-state index in [0.717, 1.165) is 32.1 Å². The number of rotatable bonds is 7. The number of hydrogen-bond acceptors (Lipinski definition) is 4. The van der Waals surface area contributed by atoms with Crippen LogP contribution in [0.1, 0.15) is 77.0 Å². The van der Waals surface area contributed by atoms with Crippen molar-refractivity contribution in [2.45, 2.75) is 88.3 Å². The SMILES string of the molecule is Cl.O=C(C1CCCC1)N1CCCC(S(=O)(=O)NCCNC2CCCCCC2)C1. The number of amides is 1. The highest BCUT2D eigenvalue weighted by atomic mass is 35.5. The smallest absolute Gasteiger partial charge is 0.225 e. The van der Waals surface area contributed by atoms with Crippen molar-refractivity contribution in [1.82, 2.24) is 14.9 Å². The standard InChI is InChI=1S/C20H37N3O3S.ClH/c24-20(17-8-5-6-9-17)23-15-7-12-19(16-23)27(25,26)22-14-13-21-18-10-3-1-2-4-11-18;/h17-19,21-22H,1-16H2;1H. The van der Waals surface area contributed by atoms with Gasteiger partial charge in [0, 0.05) is 38.1 Å². The molecule has 1 unspecified atom stereocenters. The molecule has 3 fully saturated rings. The second-order valence-corrected chi connectivity index (χ2v) is 10.7. The molecular formula is C20H38ClN3O3S. The zero-order valence-corrected chi connectivity index (χ0v) is 18.7. The van der Waals surface area contributed by atoms with Gasteiger partial charge in [-0.15, -0.1) is 12.4 Å². The van der Waals surface area contributed by atoms with E-state index in [2.05, 4.69) is 10.0 Å². The topological polar surface area (TPSA) is 78.5 Å². The van der Waals surface area contributed by atoms with Gasteiger partial charge in [0.05, 0.1) is 5.25 Å². The van der Waals surface area contributed by atoms with E-state index in [1.807, 2.05) is 4.90 Å². The van der Waals surface area contributed by atoms with Crippen LogP contribution in [0.3, 0.4) is 0 Å². The molecule has 0 aromatic carbocycles. The molecule has 2 N–H and O–H groups in total. The van der Waals surface area contributed by atoms with E-state index in [1.54, 1.807) is 0 Å². The van der Waals surface area contributed by atoms with Crippen LogP contribution in [0.15, 0.2) is 0 Å². The molecule has 3 aliphatic rings. The fourth-order valence-electron chi connectivity index (χ4n) is 4.89. The van der Waals surface area contributed by atoms with Crippen LogP contribution in [-0.4, -0.2) is 56.7 Å². The molecule has 1 heterocycles. The van der Waals surface area contributed by atoms with Gasteiger partial charge in [0.2, 0.25) is 15.9 Å². The highest BCUT2D eigenvalue weighted by Crippen LogP contribution is 2.28. The first-order valence-electron chi connectivity index (χ1n) is 11.1. The summed E-state index contributed by atoms with van der Waals surface area (Å²) in [5.41, 5.74) is 0. The predicted octanol–water partition coefficient (Wildman–Crippen LogP) is 2.82. The molecular weight excluding hydrogens is 398 g/mol. The van der Waals surface area contributed by atoms with Crippen molar-refractivity contribution < 1.29 is 13.2 Å². The Morgan fingerprint density at radius 1 is 0.857 bits per heavy atom. The van der Waals surface area contributed by atoms with E-state index in [4.69, 9.17) is 0 Å². The van der Waals surface area contributed by atoms with E-state index in [9.17, 15) is 13.2 Å². The molecule has 0 radical (unpaired) electrons. The lowest BCUT2D eigenvalue weighted by molar-refractivity contribution is -0.136. The maximum absolute atomic E-state index is 12.7. The molecule has 1 atom stereocenters. The average molecular weight is 436 g/mol. The van der Waals surface area contributed by atoms with E-state index in [1.165, 1.54) is 38.5 Å². The summed E-state index contributed by atoms with van der Waals surface area (Å²) in [6, 6.07) is 0.534. The van der Waals surface area contributed by atoms with Gasteiger partial charge in [-0.2, -0.15) is 0 Å². The third kappa shape index (κ3) is 6.85. The second kappa shape index (κ2) is 11.7. The molecule has 0 aromatic rings. The second-order valence-electron chi connectivity index (χ2n) is 8.61. The van der Waals surface area contributed by atoms with Crippen molar-refractivity contribution >= 4 is 28.3 Å². The Morgan fingerprint density at radius 3 is 2.18 bits per heavy atom. The Balaban J connectivity index is 0.00000280. The maximum atomic E-state index is 12.7. The third-order valence-electron chi connectivity index (χ3n) is 6.55. The molecule has 2 aliphatic carbocycles. The lowest BCUT2D eigenvalue weighted by Crippen LogP contribution is -2.50. The van der Waals surface area contributed by atoms with Gasteiger partial charge in [0.15, 0.2) is 0 Å². The van der Waals surface area contributed by atoms with Crippen LogP contribution in [0.5, 0.6) is 0 Å². The molecule has 1 amide bonds. The summed E-state index contributed by atoms with van der Waals surface area (Å²) in [6.45, 7) is 2.19. The fraction of sp³-hybridized carbons (Fsp3) is 0.950. The zero-order chi connectivity index (χ0) is 19.1. The molecule has 164 valence electrons. The van der Waals surface area contributed by atoms with Crippen LogP contribution >= 0.6 is 12.4 Å². The number of carbonyl (C=O) groups is 1. The first kappa shape index (κ1) is 23.9. The Bertz CT molecular complexity index is 573. The van der Waals surface area contributed by atoms with E-state index in [0.29, 0.717) is 38.6 Å². The van der Waals surface area contributed by atoms with E-state index >= 15 is 0 Å². The maximum Gasteiger partial charge on any atom is 0.225 e. The monoisotopic (exact) mass is 435 g/mol. The van der Waals surface area contributed by atoms with E-state index in [-0.39, 0.29) is 24.2 Å². The summed E-state index contributed by atoms with van der Waals surface area (Å²) < 4.78 is 28.2. The van der Waals surface area contributed by atoms with E-state index < -0.39 is 15.3 Å². The lowest BCUT2D eigenvalue weighted by atomic mass is 10.0. The number of nitrogens with zero attached hydrogens (tertiary/aromatic N) is 1. The fourth-order valence-corrected chi connectivity index (χ4v) is 6.37. The highest BCUT2D eigenvalue weighted by Gasteiger charge is 2.35. The summed E-state index contributed by atoms with van der Waals surface area (Å²) in [5.74, 6) is 0.311. The first-order chi connectivity index (χ1) is 13.1. The Morgan fingerprint density at radius 2 is 1.50 bits per heavy atom. The van der Waals surface area contributed by atoms with Crippen LogP contribution in [-0.2, 0) is 14.8 Å². The number of nitrogens with one attached hydrogen (secondary N) is 2. The van der Waals surface area contributed by atoms with Gasteiger partial charge in [-0.3, -0.25) is 4.79 Å². The van der Waals surface area contributed by atoms with Crippen LogP contribution in [0.2, 0.25) is 0 Å². The van der Waals surface area contributed by atoms with Gasteiger partial charge in [-0.1, -0.05) is 38.5 Å². The molecule has 3 rings (SSSR count).